The number of nitro benzene ring substituents is 1. The van der Waals surface area contributed by atoms with Gasteiger partial charge < -0.3 is 4.74 Å². The highest BCUT2D eigenvalue weighted by atomic mass is 19.4. The fourth-order valence-corrected chi connectivity index (χ4v) is 1.52. The van der Waals surface area contributed by atoms with E-state index in [0.717, 1.165) is 6.07 Å². The Morgan fingerprint density at radius 3 is 2.67 bits per heavy atom. The van der Waals surface area contributed by atoms with E-state index >= 15 is 0 Å². The summed E-state index contributed by atoms with van der Waals surface area (Å²) in [5, 5.41) is 22.4. The molecule has 0 spiro atoms. The van der Waals surface area contributed by atoms with Gasteiger partial charge in [0.1, 0.15) is 12.6 Å². The molecule has 0 saturated heterocycles. The van der Waals surface area contributed by atoms with Crippen molar-refractivity contribution in [2.75, 3.05) is 13.2 Å². The van der Waals surface area contributed by atoms with Crippen LogP contribution in [0.1, 0.15) is 12.5 Å². The number of hydrogen-bond donors (Lipinski definition) is 1. The number of nitrogens with one attached hydrogen (secondary N) is 1. The van der Waals surface area contributed by atoms with Gasteiger partial charge in [-0.05, 0) is 18.7 Å². The van der Waals surface area contributed by atoms with Crippen LogP contribution in [0, 0.1) is 21.4 Å². The second-order valence-corrected chi connectivity index (χ2v) is 3.99. The molecule has 0 saturated carbocycles. The first-order chi connectivity index (χ1) is 9.79. The van der Waals surface area contributed by atoms with Crippen molar-refractivity contribution in [3.63, 3.8) is 0 Å². The number of ether oxygens (including phenoxy) is 1. The van der Waals surface area contributed by atoms with Gasteiger partial charge in [0.05, 0.1) is 16.6 Å². The fourth-order valence-electron chi connectivity index (χ4n) is 1.52. The summed E-state index contributed by atoms with van der Waals surface area (Å²) in [5.74, 6) is -0.314. The minimum absolute atomic E-state index is 0.212. The van der Waals surface area contributed by atoms with Crippen molar-refractivity contribution in [3.05, 3.63) is 33.9 Å². The molecule has 0 aliphatic carbocycles. The summed E-state index contributed by atoms with van der Waals surface area (Å²) in [6.07, 6.45) is -4.68. The molecule has 6 nitrogen and oxygen atoms in total. The first-order valence-electron chi connectivity index (χ1n) is 5.91. The van der Waals surface area contributed by atoms with Crippen LogP contribution in [-0.2, 0) is 6.18 Å². The Kier molecular flexibility index (Phi) is 5.49. The second kappa shape index (κ2) is 6.90. The van der Waals surface area contributed by atoms with Crippen LogP contribution in [0.25, 0.3) is 0 Å². The van der Waals surface area contributed by atoms with E-state index in [4.69, 9.17) is 10.00 Å². The van der Waals surface area contributed by atoms with Crippen molar-refractivity contribution in [3.8, 4) is 11.8 Å². The number of alkyl halides is 3. The lowest BCUT2D eigenvalue weighted by Crippen LogP contribution is -2.33. The zero-order valence-corrected chi connectivity index (χ0v) is 11.0. The van der Waals surface area contributed by atoms with Gasteiger partial charge >= 0.3 is 11.9 Å². The number of hydrogen-bond acceptors (Lipinski definition) is 5. The molecule has 0 aliphatic rings. The van der Waals surface area contributed by atoms with E-state index in [-0.39, 0.29) is 12.4 Å². The molecule has 9 heteroatoms. The molecule has 1 unspecified atom stereocenters. The van der Waals surface area contributed by atoms with Gasteiger partial charge in [-0.15, -0.1) is 0 Å². The zero-order valence-electron chi connectivity index (χ0n) is 11.0. The molecular formula is C12H12F3N3O3. The molecule has 1 aromatic carbocycles. The van der Waals surface area contributed by atoms with E-state index < -0.39 is 28.4 Å². The standard InChI is InChI=1S/C12H12F3N3O3/c1-2-17-9(6-16)7-21-11-4-3-8(12(13,14)15)5-10(11)18(19)20/h3-5,9,17H,2,7H2,1H3. The largest absolute Gasteiger partial charge is 0.484 e. The van der Waals surface area contributed by atoms with E-state index in [0.29, 0.717) is 18.7 Å². The van der Waals surface area contributed by atoms with Crippen LogP contribution >= 0.6 is 0 Å². The van der Waals surface area contributed by atoms with Gasteiger partial charge in [-0.2, -0.15) is 18.4 Å². The van der Waals surface area contributed by atoms with Crippen LogP contribution in [-0.4, -0.2) is 24.1 Å². The summed E-state index contributed by atoms with van der Waals surface area (Å²) in [7, 11) is 0. The monoisotopic (exact) mass is 303 g/mol. The Labute approximate surface area is 118 Å². The molecule has 1 atom stereocenters. The number of halogens is 3. The average Bonchev–Trinajstić information content (AvgIpc) is 2.42. The first kappa shape index (κ1) is 16.7. The summed E-state index contributed by atoms with van der Waals surface area (Å²) in [6.45, 7) is 2.03. The highest BCUT2D eigenvalue weighted by Crippen LogP contribution is 2.36. The third-order valence-corrected chi connectivity index (χ3v) is 2.49. The first-order valence-corrected chi connectivity index (χ1v) is 5.91. The summed E-state index contributed by atoms with van der Waals surface area (Å²) in [5.41, 5.74) is -1.93. The predicted octanol–water partition coefficient (Wildman–Crippen LogP) is 2.49. The maximum atomic E-state index is 12.5. The zero-order chi connectivity index (χ0) is 16.0. The maximum absolute atomic E-state index is 12.5. The Balaban J connectivity index is 2.98. The molecular weight excluding hydrogens is 291 g/mol. The van der Waals surface area contributed by atoms with Gasteiger partial charge in [-0.3, -0.25) is 15.4 Å². The quantitative estimate of drug-likeness (QED) is 0.644. The van der Waals surface area contributed by atoms with Crippen LogP contribution in [0.15, 0.2) is 18.2 Å². The van der Waals surface area contributed by atoms with Gasteiger partial charge in [0, 0.05) is 6.07 Å². The molecule has 0 radical (unpaired) electrons. The molecule has 0 amide bonds. The molecule has 1 rings (SSSR count). The Morgan fingerprint density at radius 1 is 1.52 bits per heavy atom. The summed E-state index contributed by atoms with van der Waals surface area (Å²) < 4.78 is 42.6. The number of nitriles is 1. The minimum atomic E-state index is -4.68. The number of likely N-dealkylation sites (N-methyl/N-ethyl adjacent to an activating group) is 1. The van der Waals surface area contributed by atoms with Gasteiger partial charge in [0.2, 0.25) is 0 Å². The summed E-state index contributed by atoms with van der Waals surface area (Å²) in [4.78, 5) is 9.86. The average molecular weight is 303 g/mol. The van der Waals surface area contributed by atoms with E-state index in [1.54, 1.807) is 6.92 Å². The molecule has 114 valence electrons. The smallest absolute Gasteiger partial charge is 0.416 e. The lowest BCUT2D eigenvalue weighted by molar-refractivity contribution is -0.386. The van der Waals surface area contributed by atoms with Gasteiger partial charge in [-0.25, -0.2) is 0 Å². The van der Waals surface area contributed by atoms with Gasteiger partial charge in [0.15, 0.2) is 5.75 Å². The molecule has 1 aromatic rings. The molecule has 0 aliphatic heterocycles. The molecule has 0 aromatic heterocycles. The van der Waals surface area contributed by atoms with Crippen molar-refractivity contribution in [2.24, 2.45) is 0 Å². The van der Waals surface area contributed by atoms with Gasteiger partial charge in [-0.1, -0.05) is 6.92 Å². The van der Waals surface area contributed by atoms with Crippen LogP contribution in [0.2, 0.25) is 0 Å². The molecule has 0 heterocycles. The van der Waals surface area contributed by atoms with Crippen molar-refractivity contribution in [1.29, 1.82) is 5.26 Å². The van der Waals surface area contributed by atoms with Gasteiger partial charge in [0.25, 0.3) is 0 Å². The Bertz CT molecular complexity index is 555. The predicted molar refractivity (Wildman–Crippen MR) is 66.7 cm³/mol. The van der Waals surface area contributed by atoms with Crippen LogP contribution < -0.4 is 10.1 Å². The lowest BCUT2D eigenvalue weighted by Gasteiger charge is -2.13. The lowest BCUT2D eigenvalue weighted by atomic mass is 10.2. The summed E-state index contributed by atoms with van der Waals surface area (Å²) in [6, 6.07) is 3.13. The molecule has 0 bridgehead atoms. The topological polar surface area (TPSA) is 88.2 Å². The SMILES string of the molecule is CCNC(C#N)COc1ccc(C(F)(F)F)cc1[N+](=O)[O-]. The van der Waals surface area contributed by atoms with Crippen molar-refractivity contribution < 1.29 is 22.8 Å². The fraction of sp³-hybridized carbons (Fsp3) is 0.417. The van der Waals surface area contributed by atoms with Crippen molar-refractivity contribution in [2.45, 2.75) is 19.1 Å². The van der Waals surface area contributed by atoms with Crippen molar-refractivity contribution in [1.82, 2.24) is 5.32 Å². The maximum Gasteiger partial charge on any atom is 0.416 e. The van der Waals surface area contributed by atoms with Crippen molar-refractivity contribution >= 4 is 5.69 Å². The highest BCUT2D eigenvalue weighted by molar-refractivity contribution is 5.49. The molecule has 0 fully saturated rings. The van der Waals surface area contributed by atoms with E-state index in [1.807, 2.05) is 6.07 Å². The highest BCUT2D eigenvalue weighted by Gasteiger charge is 2.33. The number of nitro groups is 1. The minimum Gasteiger partial charge on any atom is -0.484 e. The second-order valence-electron chi connectivity index (χ2n) is 3.99. The molecule has 21 heavy (non-hydrogen) atoms. The van der Waals surface area contributed by atoms with E-state index in [1.165, 1.54) is 0 Å². The normalized spacial score (nSPS) is 12.5. The Hall–Kier alpha value is -2.34. The number of benzene rings is 1. The van der Waals surface area contributed by atoms with Crippen LogP contribution in [0.5, 0.6) is 5.75 Å². The summed E-state index contributed by atoms with van der Waals surface area (Å²) >= 11 is 0. The number of nitrogens with zero attached hydrogens (tertiary/aromatic N) is 2. The number of rotatable bonds is 6. The molecule has 1 N–H and O–H groups in total. The van der Waals surface area contributed by atoms with E-state index in [9.17, 15) is 23.3 Å². The van der Waals surface area contributed by atoms with Crippen LogP contribution in [0.3, 0.4) is 0 Å². The Morgan fingerprint density at radius 2 is 2.19 bits per heavy atom. The van der Waals surface area contributed by atoms with E-state index in [2.05, 4.69) is 5.32 Å². The van der Waals surface area contributed by atoms with Crippen LogP contribution in [0.4, 0.5) is 18.9 Å². The third-order valence-electron chi connectivity index (χ3n) is 2.49. The third kappa shape index (κ3) is 4.61.